The summed E-state index contributed by atoms with van der Waals surface area (Å²) in [7, 11) is 0. The number of carbonyl (C=O) groups excluding carboxylic acids is 1. The minimum atomic E-state index is -0.454. The highest BCUT2D eigenvalue weighted by Crippen LogP contribution is 2.03. The van der Waals surface area contributed by atoms with Crippen molar-refractivity contribution in [2.75, 3.05) is 5.32 Å². The molecule has 0 fully saturated rings. The molecular weight excluding hydrogens is 237 g/mol. The summed E-state index contributed by atoms with van der Waals surface area (Å²) < 4.78 is 12.6. The van der Waals surface area contributed by atoms with Gasteiger partial charge in [-0.3, -0.25) is 5.32 Å². The van der Waals surface area contributed by atoms with Gasteiger partial charge < -0.3 is 5.32 Å². The van der Waals surface area contributed by atoms with Gasteiger partial charge >= 0.3 is 6.03 Å². The number of hydrogen-bond donors (Lipinski definition) is 3. The average molecular weight is 247 g/mol. The van der Waals surface area contributed by atoms with E-state index in [2.05, 4.69) is 25.8 Å². The molecule has 0 saturated heterocycles. The van der Waals surface area contributed by atoms with Crippen molar-refractivity contribution in [3.05, 3.63) is 48.2 Å². The second-order valence-corrected chi connectivity index (χ2v) is 3.32. The SMILES string of the molecule is O=C(N/C=C/c1ccc(F)cc1)Nc1ncn[nH]1. The van der Waals surface area contributed by atoms with Crippen molar-refractivity contribution in [2.45, 2.75) is 0 Å². The van der Waals surface area contributed by atoms with Crippen molar-refractivity contribution < 1.29 is 9.18 Å². The Morgan fingerprint density at radius 2 is 2.11 bits per heavy atom. The number of benzene rings is 1. The van der Waals surface area contributed by atoms with Crippen molar-refractivity contribution in [1.29, 1.82) is 0 Å². The summed E-state index contributed by atoms with van der Waals surface area (Å²) in [6.07, 6.45) is 4.36. The van der Waals surface area contributed by atoms with Gasteiger partial charge in [0.15, 0.2) is 0 Å². The highest BCUT2D eigenvalue weighted by atomic mass is 19.1. The maximum atomic E-state index is 12.6. The van der Waals surface area contributed by atoms with Gasteiger partial charge in [0.25, 0.3) is 0 Å². The molecule has 1 aromatic carbocycles. The van der Waals surface area contributed by atoms with Crippen LogP contribution in [0.4, 0.5) is 15.1 Å². The minimum absolute atomic E-state index is 0.252. The zero-order chi connectivity index (χ0) is 12.8. The second kappa shape index (κ2) is 5.58. The molecule has 0 unspecified atom stereocenters. The largest absolute Gasteiger partial charge is 0.325 e. The monoisotopic (exact) mass is 247 g/mol. The lowest BCUT2D eigenvalue weighted by atomic mass is 10.2. The number of rotatable bonds is 3. The molecule has 3 N–H and O–H groups in total. The quantitative estimate of drug-likeness (QED) is 0.772. The van der Waals surface area contributed by atoms with E-state index >= 15 is 0 Å². The minimum Gasteiger partial charge on any atom is -0.314 e. The Bertz CT molecular complexity index is 535. The summed E-state index contributed by atoms with van der Waals surface area (Å²) in [6, 6.07) is 5.43. The van der Waals surface area contributed by atoms with Crippen LogP contribution in [-0.2, 0) is 0 Å². The molecule has 0 saturated carbocycles. The molecule has 7 heteroatoms. The molecular formula is C11H10FN5O. The van der Waals surface area contributed by atoms with Crippen molar-refractivity contribution >= 4 is 18.1 Å². The van der Waals surface area contributed by atoms with Crippen molar-refractivity contribution in [1.82, 2.24) is 20.5 Å². The number of carbonyl (C=O) groups is 1. The molecule has 2 amide bonds. The molecule has 6 nitrogen and oxygen atoms in total. The number of H-pyrrole nitrogens is 1. The summed E-state index contributed by atoms with van der Waals surface area (Å²) in [5.41, 5.74) is 0.774. The molecule has 1 heterocycles. The number of hydrogen-bond acceptors (Lipinski definition) is 3. The van der Waals surface area contributed by atoms with Crippen LogP contribution in [0.2, 0.25) is 0 Å². The van der Waals surface area contributed by atoms with E-state index in [0.717, 1.165) is 5.56 Å². The molecule has 18 heavy (non-hydrogen) atoms. The molecule has 0 aliphatic carbocycles. The summed E-state index contributed by atoms with van der Waals surface area (Å²) in [5, 5.41) is 11.0. The Morgan fingerprint density at radius 1 is 1.33 bits per heavy atom. The third kappa shape index (κ3) is 3.41. The van der Waals surface area contributed by atoms with Gasteiger partial charge in [0.05, 0.1) is 0 Å². The number of halogens is 1. The number of anilines is 1. The third-order valence-electron chi connectivity index (χ3n) is 2.01. The Hall–Kier alpha value is -2.70. The molecule has 0 aliphatic rings. The summed E-state index contributed by atoms with van der Waals surface area (Å²) in [5.74, 6) is -0.0501. The molecule has 0 radical (unpaired) electrons. The lowest BCUT2D eigenvalue weighted by molar-refractivity contribution is 0.255. The summed E-state index contributed by atoms with van der Waals surface area (Å²) >= 11 is 0. The molecule has 92 valence electrons. The van der Waals surface area contributed by atoms with Crippen LogP contribution < -0.4 is 10.6 Å². The van der Waals surface area contributed by atoms with Gasteiger partial charge in [-0.25, -0.2) is 14.3 Å². The molecule has 2 rings (SSSR count). The van der Waals surface area contributed by atoms with Gasteiger partial charge in [0.1, 0.15) is 12.1 Å². The van der Waals surface area contributed by atoms with Gasteiger partial charge in [0, 0.05) is 6.20 Å². The zero-order valence-electron chi connectivity index (χ0n) is 9.22. The van der Waals surface area contributed by atoms with Gasteiger partial charge in [0.2, 0.25) is 5.95 Å². The smallest absolute Gasteiger partial charge is 0.314 e. The predicted octanol–water partition coefficient (Wildman–Crippen LogP) is 1.74. The van der Waals surface area contributed by atoms with E-state index in [1.54, 1.807) is 18.2 Å². The first-order chi connectivity index (χ1) is 8.74. The summed E-state index contributed by atoms with van der Waals surface area (Å²) in [6.45, 7) is 0. The first-order valence-electron chi connectivity index (χ1n) is 5.09. The van der Waals surface area contributed by atoms with E-state index in [1.165, 1.54) is 24.7 Å². The fourth-order valence-electron chi connectivity index (χ4n) is 1.20. The van der Waals surface area contributed by atoms with Crippen LogP contribution in [0.1, 0.15) is 5.56 Å². The lowest BCUT2D eigenvalue weighted by Gasteiger charge is -1.99. The van der Waals surface area contributed by atoms with E-state index < -0.39 is 6.03 Å². The van der Waals surface area contributed by atoms with Crippen LogP contribution in [0, 0.1) is 5.82 Å². The zero-order valence-corrected chi connectivity index (χ0v) is 9.22. The van der Waals surface area contributed by atoms with Crippen molar-refractivity contribution in [2.24, 2.45) is 0 Å². The topological polar surface area (TPSA) is 82.7 Å². The van der Waals surface area contributed by atoms with Crippen LogP contribution in [0.3, 0.4) is 0 Å². The Kier molecular flexibility index (Phi) is 3.65. The van der Waals surface area contributed by atoms with Crippen LogP contribution in [-0.4, -0.2) is 21.2 Å². The number of nitrogens with zero attached hydrogens (tertiary/aromatic N) is 2. The van der Waals surface area contributed by atoms with E-state index in [4.69, 9.17) is 0 Å². The van der Waals surface area contributed by atoms with Crippen LogP contribution in [0.5, 0.6) is 0 Å². The number of amides is 2. The second-order valence-electron chi connectivity index (χ2n) is 3.32. The van der Waals surface area contributed by atoms with Crippen LogP contribution in [0.25, 0.3) is 6.08 Å². The molecule has 1 aromatic heterocycles. The number of nitrogens with one attached hydrogen (secondary N) is 3. The van der Waals surface area contributed by atoms with Gasteiger partial charge in [-0.15, -0.1) is 0 Å². The summed E-state index contributed by atoms with van der Waals surface area (Å²) in [4.78, 5) is 15.1. The third-order valence-corrected chi connectivity index (χ3v) is 2.01. The Balaban J connectivity index is 1.84. The predicted molar refractivity (Wildman–Crippen MR) is 64.0 cm³/mol. The average Bonchev–Trinajstić information content (AvgIpc) is 2.84. The van der Waals surface area contributed by atoms with Gasteiger partial charge in [-0.2, -0.15) is 10.1 Å². The molecule has 0 spiro atoms. The fraction of sp³-hybridized carbons (Fsp3) is 0. The van der Waals surface area contributed by atoms with Crippen molar-refractivity contribution in [3.8, 4) is 0 Å². The maximum absolute atomic E-state index is 12.6. The molecule has 0 atom stereocenters. The van der Waals surface area contributed by atoms with E-state index in [0.29, 0.717) is 0 Å². The molecule has 0 bridgehead atoms. The van der Waals surface area contributed by atoms with Gasteiger partial charge in [-0.1, -0.05) is 12.1 Å². The highest BCUT2D eigenvalue weighted by Gasteiger charge is 2.00. The highest BCUT2D eigenvalue weighted by molar-refractivity contribution is 5.88. The van der Waals surface area contributed by atoms with Crippen LogP contribution in [0.15, 0.2) is 36.8 Å². The van der Waals surface area contributed by atoms with E-state index in [-0.39, 0.29) is 11.8 Å². The fourth-order valence-corrected chi connectivity index (χ4v) is 1.20. The van der Waals surface area contributed by atoms with Crippen molar-refractivity contribution in [3.63, 3.8) is 0 Å². The Morgan fingerprint density at radius 3 is 2.78 bits per heavy atom. The van der Waals surface area contributed by atoms with Gasteiger partial charge in [-0.05, 0) is 23.8 Å². The van der Waals surface area contributed by atoms with Crippen LogP contribution >= 0.6 is 0 Å². The first kappa shape index (κ1) is 11.8. The van der Waals surface area contributed by atoms with E-state index in [1.807, 2.05) is 0 Å². The number of aromatic amines is 1. The molecule has 2 aromatic rings. The lowest BCUT2D eigenvalue weighted by Crippen LogP contribution is -2.24. The number of urea groups is 1. The standard InChI is InChI=1S/C11H10FN5O/c12-9-3-1-8(2-4-9)5-6-13-11(18)16-10-14-7-15-17-10/h1-7H,(H3,13,14,15,16,17,18)/b6-5+. The van der Waals surface area contributed by atoms with E-state index in [9.17, 15) is 9.18 Å². The maximum Gasteiger partial charge on any atom is 0.325 e. The first-order valence-corrected chi connectivity index (χ1v) is 5.09. The number of aromatic nitrogens is 3. The molecule has 0 aliphatic heterocycles. The normalized spacial score (nSPS) is 10.5. The Labute approximate surface area is 102 Å².